The molecule has 2 aromatic carbocycles. The number of hydrogen-bond acceptors (Lipinski definition) is 8. The number of anilines is 3. The van der Waals surface area contributed by atoms with Crippen molar-refractivity contribution in [1.82, 2.24) is 9.88 Å². The maximum atomic E-state index is 12.8. The molecule has 0 radical (unpaired) electrons. The van der Waals surface area contributed by atoms with E-state index in [1.165, 1.54) is 30.0 Å². The Morgan fingerprint density at radius 2 is 1.73 bits per heavy atom. The largest absolute Gasteiger partial charge is 0.497 e. The van der Waals surface area contributed by atoms with Gasteiger partial charge in [-0.2, -0.15) is 0 Å². The Hall–Kier alpha value is -3.57. The maximum Gasteiger partial charge on any atom is 0.234 e. The number of thiazole rings is 1. The highest BCUT2D eigenvalue weighted by Crippen LogP contribution is 2.25. The monoisotopic (exact) mass is 539 g/mol. The zero-order chi connectivity index (χ0) is 26.2. The number of methoxy groups -OCH3 is 1. The summed E-state index contributed by atoms with van der Waals surface area (Å²) in [7, 11) is 1.66. The van der Waals surface area contributed by atoms with Gasteiger partial charge in [-0.25, -0.2) is 4.98 Å². The number of amides is 3. The molecule has 0 aliphatic carbocycles. The van der Waals surface area contributed by atoms with Gasteiger partial charge in [0.2, 0.25) is 17.7 Å². The first-order valence-electron chi connectivity index (χ1n) is 11.8. The minimum Gasteiger partial charge on any atom is -0.497 e. The topological polar surface area (TPSA) is 104 Å². The summed E-state index contributed by atoms with van der Waals surface area (Å²) in [4.78, 5) is 44.9. The van der Waals surface area contributed by atoms with E-state index in [0.29, 0.717) is 24.5 Å². The molecule has 1 aliphatic heterocycles. The van der Waals surface area contributed by atoms with Crippen LogP contribution in [0.5, 0.6) is 5.75 Å². The van der Waals surface area contributed by atoms with E-state index in [2.05, 4.69) is 26.6 Å². The molecule has 0 unspecified atom stereocenters. The minimum atomic E-state index is -0.154. The highest BCUT2D eigenvalue weighted by atomic mass is 32.2. The Bertz CT molecular complexity index is 1240. The Kier molecular flexibility index (Phi) is 9.02. The molecule has 2 N–H and O–H groups in total. The molecule has 4 rings (SSSR count). The van der Waals surface area contributed by atoms with Crippen molar-refractivity contribution in [3.8, 4) is 5.75 Å². The predicted molar refractivity (Wildman–Crippen MR) is 148 cm³/mol. The van der Waals surface area contributed by atoms with Gasteiger partial charge in [0.1, 0.15) is 5.75 Å². The lowest BCUT2D eigenvalue weighted by molar-refractivity contribution is -0.130. The van der Waals surface area contributed by atoms with E-state index in [4.69, 9.17) is 4.74 Å². The molecule has 1 fully saturated rings. The Morgan fingerprint density at radius 3 is 2.41 bits per heavy atom. The van der Waals surface area contributed by atoms with Crippen LogP contribution in [-0.2, 0) is 20.8 Å². The molecular formula is C26H29N5O4S2. The van der Waals surface area contributed by atoms with Crippen molar-refractivity contribution in [2.75, 3.05) is 54.6 Å². The molecule has 11 heteroatoms. The summed E-state index contributed by atoms with van der Waals surface area (Å²) in [6, 6.07) is 14.9. The zero-order valence-electron chi connectivity index (χ0n) is 20.7. The number of rotatable bonds is 9. The fraction of sp³-hybridized carbons (Fsp3) is 0.308. The summed E-state index contributed by atoms with van der Waals surface area (Å²) in [6.07, 6.45) is 0.253. The SMILES string of the molecule is COc1cccc(N2CCN(C(=O)Cc3csc(SCC(=O)Nc4ccc(NC(C)=O)cc4)n3)CC2)c1. The number of carbonyl (C=O) groups excluding carboxylic acids is 3. The van der Waals surface area contributed by atoms with Crippen LogP contribution in [0.3, 0.4) is 0 Å². The van der Waals surface area contributed by atoms with Gasteiger partial charge in [0.15, 0.2) is 4.34 Å². The van der Waals surface area contributed by atoms with Gasteiger partial charge < -0.3 is 25.2 Å². The third-order valence-electron chi connectivity index (χ3n) is 5.73. The maximum absolute atomic E-state index is 12.8. The molecule has 3 amide bonds. The van der Waals surface area contributed by atoms with Crippen LogP contribution in [0.1, 0.15) is 12.6 Å². The molecule has 1 aromatic heterocycles. The number of ether oxygens (including phenoxy) is 1. The second-order valence-electron chi connectivity index (χ2n) is 8.45. The van der Waals surface area contributed by atoms with Crippen molar-refractivity contribution >= 4 is 57.9 Å². The molecule has 0 saturated carbocycles. The summed E-state index contributed by atoms with van der Waals surface area (Å²) < 4.78 is 6.06. The van der Waals surface area contributed by atoms with Crippen LogP contribution in [0.25, 0.3) is 0 Å². The van der Waals surface area contributed by atoms with Gasteiger partial charge in [0, 0.05) is 61.6 Å². The quantitative estimate of drug-likeness (QED) is 0.399. The van der Waals surface area contributed by atoms with Crippen LogP contribution in [-0.4, -0.2) is 66.6 Å². The van der Waals surface area contributed by atoms with Crippen molar-refractivity contribution in [3.63, 3.8) is 0 Å². The van der Waals surface area contributed by atoms with Crippen LogP contribution in [0, 0.1) is 0 Å². The lowest BCUT2D eigenvalue weighted by Crippen LogP contribution is -2.49. The molecule has 0 spiro atoms. The van der Waals surface area contributed by atoms with E-state index in [0.717, 1.165) is 34.6 Å². The molecule has 1 aliphatic rings. The standard InChI is InChI=1S/C26H29N5O4S2/c1-18(32)27-19-6-8-20(9-7-19)28-24(33)17-37-26-29-21(16-36-26)14-25(34)31-12-10-30(11-13-31)22-4-3-5-23(15-22)35-2/h3-9,15-16H,10-14,17H2,1-2H3,(H,27,32)(H,28,33). The van der Waals surface area contributed by atoms with Gasteiger partial charge in [0.25, 0.3) is 0 Å². The molecule has 194 valence electrons. The summed E-state index contributed by atoms with van der Waals surface area (Å²) in [5, 5.41) is 7.39. The van der Waals surface area contributed by atoms with Gasteiger partial charge >= 0.3 is 0 Å². The fourth-order valence-corrected chi connectivity index (χ4v) is 5.53. The van der Waals surface area contributed by atoms with Crippen LogP contribution in [0.2, 0.25) is 0 Å². The van der Waals surface area contributed by atoms with Gasteiger partial charge in [-0.15, -0.1) is 11.3 Å². The highest BCUT2D eigenvalue weighted by molar-refractivity contribution is 8.01. The van der Waals surface area contributed by atoms with Crippen molar-refractivity contribution in [3.05, 3.63) is 59.6 Å². The van der Waals surface area contributed by atoms with Gasteiger partial charge in [-0.1, -0.05) is 17.8 Å². The molecule has 2 heterocycles. The number of thioether (sulfide) groups is 1. The first-order chi connectivity index (χ1) is 17.9. The molecule has 9 nitrogen and oxygen atoms in total. The summed E-state index contributed by atoms with van der Waals surface area (Å²) in [5.74, 6) is 0.792. The molecule has 1 saturated heterocycles. The fourth-order valence-electron chi connectivity index (χ4n) is 3.89. The predicted octanol–water partition coefficient (Wildman–Crippen LogP) is 3.73. The van der Waals surface area contributed by atoms with Crippen molar-refractivity contribution in [2.45, 2.75) is 17.7 Å². The second kappa shape index (κ2) is 12.6. The van der Waals surface area contributed by atoms with E-state index in [1.807, 2.05) is 28.5 Å². The Balaban J connectivity index is 1.20. The average molecular weight is 540 g/mol. The Morgan fingerprint density at radius 1 is 1.03 bits per heavy atom. The van der Waals surface area contributed by atoms with Gasteiger partial charge in [0.05, 0.1) is 25.0 Å². The number of carbonyl (C=O) groups is 3. The number of nitrogens with one attached hydrogen (secondary N) is 2. The van der Waals surface area contributed by atoms with E-state index < -0.39 is 0 Å². The summed E-state index contributed by atoms with van der Waals surface area (Å²) in [6.45, 7) is 4.30. The number of benzene rings is 2. The molecule has 37 heavy (non-hydrogen) atoms. The van der Waals surface area contributed by atoms with Gasteiger partial charge in [-0.3, -0.25) is 14.4 Å². The van der Waals surface area contributed by atoms with Crippen molar-refractivity contribution < 1.29 is 19.1 Å². The molecule has 0 bridgehead atoms. The summed E-state index contributed by atoms with van der Waals surface area (Å²) in [5.41, 5.74) is 3.14. The number of aromatic nitrogens is 1. The van der Waals surface area contributed by atoms with Crippen LogP contribution < -0.4 is 20.3 Å². The third kappa shape index (κ3) is 7.70. The van der Waals surface area contributed by atoms with Crippen molar-refractivity contribution in [1.29, 1.82) is 0 Å². The molecule has 0 atom stereocenters. The van der Waals surface area contributed by atoms with Gasteiger partial charge in [-0.05, 0) is 36.4 Å². The second-order valence-corrected chi connectivity index (χ2v) is 10.5. The van der Waals surface area contributed by atoms with Crippen LogP contribution >= 0.6 is 23.1 Å². The third-order valence-corrected chi connectivity index (χ3v) is 7.80. The minimum absolute atomic E-state index is 0.0626. The van der Waals surface area contributed by atoms with Crippen LogP contribution in [0.4, 0.5) is 17.1 Å². The van der Waals surface area contributed by atoms with E-state index >= 15 is 0 Å². The molecular weight excluding hydrogens is 510 g/mol. The van der Waals surface area contributed by atoms with Crippen LogP contribution in [0.15, 0.2) is 58.3 Å². The smallest absolute Gasteiger partial charge is 0.234 e. The highest BCUT2D eigenvalue weighted by Gasteiger charge is 2.22. The zero-order valence-corrected chi connectivity index (χ0v) is 22.4. The average Bonchev–Trinajstić information content (AvgIpc) is 3.35. The Labute approximate surface area is 224 Å². The van der Waals surface area contributed by atoms with E-state index in [1.54, 1.807) is 31.4 Å². The summed E-state index contributed by atoms with van der Waals surface area (Å²) >= 11 is 2.78. The lowest BCUT2D eigenvalue weighted by Gasteiger charge is -2.36. The molecule has 3 aromatic rings. The van der Waals surface area contributed by atoms with E-state index in [9.17, 15) is 14.4 Å². The number of hydrogen-bond donors (Lipinski definition) is 2. The normalized spacial score (nSPS) is 13.2. The lowest BCUT2D eigenvalue weighted by atomic mass is 10.2. The first kappa shape index (κ1) is 26.5. The van der Waals surface area contributed by atoms with Crippen molar-refractivity contribution in [2.24, 2.45) is 0 Å². The number of nitrogens with zero attached hydrogens (tertiary/aromatic N) is 3. The number of piperazine rings is 1. The first-order valence-corrected chi connectivity index (χ1v) is 13.7. The van der Waals surface area contributed by atoms with E-state index in [-0.39, 0.29) is 29.9 Å².